The molecule has 3 aromatic heterocycles. The van der Waals surface area contributed by atoms with Gasteiger partial charge in [0.1, 0.15) is 17.5 Å². The van der Waals surface area contributed by atoms with Crippen LogP contribution in [0, 0.1) is 5.92 Å². The number of benzene rings is 1. The molecule has 0 N–H and O–H groups in total. The van der Waals surface area contributed by atoms with Crippen LogP contribution in [0.15, 0.2) is 54.0 Å². The summed E-state index contributed by atoms with van der Waals surface area (Å²) in [6.45, 7) is 10.7. The fourth-order valence-electron chi connectivity index (χ4n) is 7.49. The lowest BCUT2D eigenvalue weighted by atomic mass is 9.84. The Balaban J connectivity index is 1.09. The van der Waals surface area contributed by atoms with Crippen molar-refractivity contribution in [2.24, 2.45) is 5.92 Å². The number of hydrogen-bond donors (Lipinski definition) is 0. The van der Waals surface area contributed by atoms with E-state index in [2.05, 4.69) is 4.90 Å². The second-order valence-electron chi connectivity index (χ2n) is 15.2. The van der Waals surface area contributed by atoms with Crippen molar-refractivity contribution in [3.63, 3.8) is 0 Å². The zero-order valence-corrected chi connectivity index (χ0v) is 30.1. The highest BCUT2D eigenvalue weighted by molar-refractivity contribution is 5.95. The van der Waals surface area contributed by atoms with E-state index in [4.69, 9.17) is 24.3 Å². The van der Waals surface area contributed by atoms with Crippen molar-refractivity contribution in [1.29, 1.82) is 0 Å². The van der Waals surface area contributed by atoms with E-state index in [1.165, 1.54) is 6.42 Å². The smallest absolute Gasteiger partial charge is 0.410 e. The van der Waals surface area contributed by atoms with E-state index < -0.39 is 5.60 Å². The molecule has 1 aliphatic carbocycles. The number of amides is 1. The average Bonchev–Trinajstić information content (AvgIpc) is 3.75. The molecule has 7 rings (SSSR count). The first-order chi connectivity index (χ1) is 24.1. The lowest BCUT2D eigenvalue weighted by Gasteiger charge is -2.43. The van der Waals surface area contributed by atoms with Gasteiger partial charge in [-0.2, -0.15) is 5.10 Å². The number of methoxy groups -OCH3 is 1. The number of anilines is 1. The molecule has 4 aromatic rings. The summed E-state index contributed by atoms with van der Waals surface area (Å²) in [5, 5.41) is 5.68. The summed E-state index contributed by atoms with van der Waals surface area (Å²) in [4.78, 5) is 36.0. The van der Waals surface area contributed by atoms with Crippen LogP contribution < -0.4 is 15.2 Å². The molecule has 1 aromatic carbocycles. The van der Waals surface area contributed by atoms with E-state index in [9.17, 15) is 9.59 Å². The van der Waals surface area contributed by atoms with Crippen LogP contribution >= 0.6 is 0 Å². The molecule has 5 heterocycles. The molecule has 12 nitrogen and oxygen atoms in total. The minimum absolute atomic E-state index is 0.0373. The van der Waals surface area contributed by atoms with Crippen molar-refractivity contribution in [2.75, 3.05) is 38.3 Å². The SMILES string of the molecule is COc1cc(-c2cn(C(C)n3ccc(N4CCC[C@@H](N(CC5CCC5)C(=O)OC(C)(C)C)C4)cc3=O)cn2)c2cnn(C3CCCCO3)c2c1. The fraction of sp³-hybridized carbons (Fsp3) is 0.579. The van der Waals surface area contributed by atoms with Gasteiger partial charge in [0.15, 0.2) is 6.23 Å². The third kappa shape index (κ3) is 7.12. The molecular formula is C38H51N7O5. The summed E-state index contributed by atoms with van der Waals surface area (Å²) >= 11 is 0. The van der Waals surface area contributed by atoms with Crippen molar-refractivity contribution in [3.8, 4) is 17.0 Å². The molecule has 50 heavy (non-hydrogen) atoms. The van der Waals surface area contributed by atoms with Gasteiger partial charge >= 0.3 is 6.09 Å². The molecule has 0 spiro atoms. The Morgan fingerprint density at radius 2 is 1.94 bits per heavy atom. The highest BCUT2D eigenvalue weighted by atomic mass is 16.6. The Morgan fingerprint density at radius 1 is 1.10 bits per heavy atom. The van der Waals surface area contributed by atoms with Crippen LogP contribution in [0.2, 0.25) is 0 Å². The zero-order valence-electron chi connectivity index (χ0n) is 30.1. The highest BCUT2D eigenvalue weighted by Crippen LogP contribution is 2.36. The van der Waals surface area contributed by atoms with Gasteiger partial charge in [0.2, 0.25) is 0 Å². The molecule has 12 heteroatoms. The molecule has 2 unspecified atom stereocenters. The number of hydrogen-bond acceptors (Lipinski definition) is 8. The van der Waals surface area contributed by atoms with Gasteiger partial charge in [0.25, 0.3) is 5.56 Å². The number of piperidine rings is 1. The van der Waals surface area contributed by atoms with Gasteiger partial charge < -0.3 is 28.6 Å². The highest BCUT2D eigenvalue weighted by Gasteiger charge is 2.35. The predicted molar refractivity (Wildman–Crippen MR) is 193 cm³/mol. The Morgan fingerprint density at radius 3 is 2.64 bits per heavy atom. The molecule has 268 valence electrons. The van der Waals surface area contributed by atoms with Crippen LogP contribution in [0.5, 0.6) is 5.75 Å². The molecular weight excluding hydrogens is 634 g/mol. The largest absolute Gasteiger partial charge is 0.497 e. The van der Waals surface area contributed by atoms with Crippen LogP contribution in [0.1, 0.15) is 91.5 Å². The summed E-state index contributed by atoms with van der Waals surface area (Å²) in [6.07, 6.45) is 15.4. The standard InChI is InChI=1S/C38H51N7O5/c1-26(42-24-33(39-25-42)31-19-30(48-5)20-34-32(31)21-40-45(34)36-13-6-7-17-49-36)43-16-14-28(18-35(43)46)41-15-9-12-29(23-41)44(22-27-10-8-11-27)37(47)50-38(2,3)4/h14,16,18-21,24-27,29,36H,6-13,15,17,22-23H2,1-5H3/t26?,29-,36?/m1/s1. The summed E-state index contributed by atoms with van der Waals surface area (Å²) in [5.74, 6) is 1.26. The molecule has 3 fully saturated rings. The fourth-order valence-corrected chi connectivity index (χ4v) is 7.49. The van der Waals surface area contributed by atoms with Crippen LogP contribution in [0.4, 0.5) is 10.5 Å². The number of ether oxygens (including phenoxy) is 3. The summed E-state index contributed by atoms with van der Waals surface area (Å²) < 4.78 is 23.2. The summed E-state index contributed by atoms with van der Waals surface area (Å²) in [7, 11) is 1.66. The van der Waals surface area contributed by atoms with Gasteiger partial charge in [-0.15, -0.1) is 0 Å². The second-order valence-corrected chi connectivity index (χ2v) is 15.2. The molecule has 1 saturated carbocycles. The Kier molecular flexibility index (Phi) is 9.65. The normalized spacial score (nSPS) is 20.8. The number of rotatable bonds is 9. The maximum absolute atomic E-state index is 13.6. The van der Waals surface area contributed by atoms with Crippen LogP contribution in [0.25, 0.3) is 22.2 Å². The predicted octanol–water partition coefficient (Wildman–Crippen LogP) is 6.84. The van der Waals surface area contributed by atoms with Crippen LogP contribution in [0.3, 0.4) is 0 Å². The van der Waals surface area contributed by atoms with Crippen molar-refractivity contribution in [1.82, 2.24) is 28.8 Å². The monoisotopic (exact) mass is 685 g/mol. The first-order valence-corrected chi connectivity index (χ1v) is 18.3. The van der Waals surface area contributed by atoms with Gasteiger partial charge in [0, 0.05) is 67.4 Å². The number of fused-ring (bicyclic) bond motifs is 1. The Bertz CT molecular complexity index is 1860. The average molecular weight is 686 g/mol. The van der Waals surface area contributed by atoms with Crippen molar-refractivity contribution in [3.05, 3.63) is 59.5 Å². The van der Waals surface area contributed by atoms with Crippen LogP contribution in [-0.2, 0) is 9.47 Å². The van der Waals surface area contributed by atoms with Gasteiger partial charge in [0.05, 0.1) is 36.9 Å². The first kappa shape index (κ1) is 34.1. The lowest BCUT2D eigenvalue weighted by Crippen LogP contribution is -2.53. The van der Waals surface area contributed by atoms with Gasteiger partial charge in [-0.25, -0.2) is 14.5 Å². The Hall–Kier alpha value is -4.32. The van der Waals surface area contributed by atoms with E-state index in [0.29, 0.717) is 12.5 Å². The third-order valence-corrected chi connectivity index (χ3v) is 10.5. The summed E-state index contributed by atoms with van der Waals surface area (Å²) in [6, 6.07) is 7.74. The molecule has 2 saturated heterocycles. The van der Waals surface area contributed by atoms with Crippen molar-refractivity contribution in [2.45, 2.75) is 103 Å². The van der Waals surface area contributed by atoms with Crippen LogP contribution in [-0.4, -0.2) is 79.9 Å². The van der Waals surface area contributed by atoms with E-state index in [1.807, 2.05) is 78.6 Å². The molecule has 0 bridgehead atoms. The van der Waals surface area contributed by atoms with Gasteiger partial charge in [-0.1, -0.05) is 6.42 Å². The van der Waals surface area contributed by atoms with Gasteiger partial charge in [-0.05, 0) is 90.7 Å². The van der Waals surface area contributed by atoms with Crippen molar-refractivity contribution < 1.29 is 19.0 Å². The minimum Gasteiger partial charge on any atom is -0.497 e. The number of carbonyl (C=O) groups is 1. The molecule has 3 atom stereocenters. The topological polar surface area (TPSA) is 109 Å². The molecule has 2 aliphatic heterocycles. The number of aromatic nitrogens is 5. The number of carbonyl (C=O) groups excluding carboxylic acids is 1. The number of pyridine rings is 1. The third-order valence-electron chi connectivity index (χ3n) is 10.5. The first-order valence-electron chi connectivity index (χ1n) is 18.3. The number of imidazole rings is 1. The maximum Gasteiger partial charge on any atom is 0.410 e. The zero-order chi connectivity index (χ0) is 35.0. The van der Waals surface area contributed by atoms with Crippen molar-refractivity contribution >= 4 is 22.7 Å². The molecule has 0 radical (unpaired) electrons. The summed E-state index contributed by atoms with van der Waals surface area (Å²) in [5.41, 5.74) is 2.85. The minimum atomic E-state index is -0.548. The van der Waals surface area contributed by atoms with E-state index in [-0.39, 0.29) is 30.1 Å². The molecule has 1 amide bonds. The van der Waals surface area contributed by atoms with E-state index in [1.54, 1.807) is 24.1 Å². The van der Waals surface area contributed by atoms with E-state index in [0.717, 1.165) is 98.2 Å². The van der Waals surface area contributed by atoms with E-state index >= 15 is 0 Å². The quantitative estimate of drug-likeness (QED) is 0.189. The number of nitrogens with zero attached hydrogens (tertiary/aromatic N) is 7. The molecule has 3 aliphatic rings. The maximum atomic E-state index is 13.6. The lowest BCUT2D eigenvalue weighted by molar-refractivity contribution is -0.0366. The van der Waals surface area contributed by atoms with Gasteiger partial charge in [-0.3, -0.25) is 9.36 Å². The second kappa shape index (κ2) is 14.1. The Labute approximate surface area is 293 Å².